The van der Waals surface area contributed by atoms with Crippen LogP contribution in [-0.2, 0) is 0 Å². The van der Waals surface area contributed by atoms with Gasteiger partial charge < -0.3 is 19.6 Å². The third-order valence-electron chi connectivity index (χ3n) is 4.44. The average Bonchev–Trinajstić information content (AvgIpc) is 3.09. The number of hydrogen-bond acceptors (Lipinski definition) is 5. The van der Waals surface area contributed by atoms with E-state index in [-0.39, 0.29) is 16.6 Å². The van der Waals surface area contributed by atoms with Crippen LogP contribution in [0.25, 0.3) is 22.4 Å². The number of imidazole rings is 1. The van der Waals surface area contributed by atoms with Crippen LogP contribution in [-0.4, -0.2) is 33.1 Å². The number of nitrogens with one attached hydrogen (secondary N) is 1. The van der Waals surface area contributed by atoms with Gasteiger partial charge in [0.15, 0.2) is 5.65 Å². The van der Waals surface area contributed by atoms with Gasteiger partial charge in [0.05, 0.1) is 28.9 Å². The number of rotatable bonds is 5. The molecule has 2 heterocycles. The monoisotopic (exact) mass is 427 g/mol. The third-order valence-corrected chi connectivity index (χ3v) is 4.73. The lowest BCUT2D eigenvalue weighted by Crippen LogP contribution is -2.00. The first kappa shape index (κ1) is 19.7. The Bertz CT molecular complexity index is 1290. The molecule has 2 aromatic carbocycles. The molecule has 0 bridgehead atoms. The molecule has 7 nitrogen and oxygen atoms in total. The number of fused-ring (bicyclic) bond motifs is 1. The Morgan fingerprint density at radius 3 is 2.67 bits per heavy atom. The molecule has 9 heteroatoms. The number of methoxy groups -OCH3 is 1. The van der Waals surface area contributed by atoms with E-state index in [1.807, 2.05) is 0 Å². The van der Waals surface area contributed by atoms with Gasteiger partial charge >= 0.3 is 12.0 Å². The van der Waals surface area contributed by atoms with E-state index in [1.54, 1.807) is 31.2 Å². The number of H-pyrrole nitrogens is 1. The van der Waals surface area contributed by atoms with Gasteiger partial charge in [-0.1, -0.05) is 17.7 Å². The largest absolute Gasteiger partial charge is 0.497 e. The molecular formula is C21H15ClFN3O4. The van der Waals surface area contributed by atoms with Gasteiger partial charge in [-0.3, -0.25) is 0 Å². The van der Waals surface area contributed by atoms with Gasteiger partial charge in [-0.15, -0.1) is 0 Å². The number of aromatic carboxylic acids is 1. The van der Waals surface area contributed by atoms with Crippen molar-refractivity contribution in [3.63, 3.8) is 0 Å². The number of benzene rings is 2. The number of carbonyl (C=O) groups is 1. The number of pyridine rings is 1. The SMILES string of the molecule is COc1cc(F)cc(-c2nc3nc(Oc4ccc(C)c(C(=O)O)c4)[nH]c3cc2Cl)c1. The molecule has 0 saturated carbocycles. The molecule has 0 aliphatic carbocycles. The summed E-state index contributed by atoms with van der Waals surface area (Å²) in [4.78, 5) is 22.9. The molecule has 0 atom stereocenters. The lowest BCUT2D eigenvalue weighted by molar-refractivity contribution is 0.0695. The van der Waals surface area contributed by atoms with Crippen LogP contribution in [0.2, 0.25) is 5.02 Å². The first-order chi connectivity index (χ1) is 14.3. The predicted molar refractivity (Wildman–Crippen MR) is 109 cm³/mol. The molecule has 152 valence electrons. The average molecular weight is 428 g/mol. The van der Waals surface area contributed by atoms with Crippen LogP contribution in [0, 0.1) is 12.7 Å². The number of aromatic nitrogens is 3. The molecule has 0 radical (unpaired) electrons. The first-order valence-electron chi connectivity index (χ1n) is 8.77. The molecule has 0 amide bonds. The maximum absolute atomic E-state index is 13.9. The van der Waals surface area contributed by atoms with Crippen molar-refractivity contribution in [2.45, 2.75) is 6.92 Å². The van der Waals surface area contributed by atoms with Crippen molar-refractivity contribution in [2.24, 2.45) is 0 Å². The molecule has 4 aromatic rings. The van der Waals surface area contributed by atoms with Crippen molar-refractivity contribution < 1.29 is 23.8 Å². The van der Waals surface area contributed by atoms with Gasteiger partial charge in [0.1, 0.15) is 17.3 Å². The van der Waals surface area contributed by atoms with Crippen LogP contribution in [0.3, 0.4) is 0 Å². The zero-order chi connectivity index (χ0) is 21.4. The molecule has 0 fully saturated rings. The first-order valence-corrected chi connectivity index (χ1v) is 9.15. The van der Waals surface area contributed by atoms with Crippen LogP contribution in [0.15, 0.2) is 42.5 Å². The molecule has 0 aliphatic heterocycles. The maximum atomic E-state index is 13.9. The smallest absolute Gasteiger partial charge is 0.336 e. The Balaban J connectivity index is 1.71. The maximum Gasteiger partial charge on any atom is 0.336 e. The summed E-state index contributed by atoms with van der Waals surface area (Å²) in [6, 6.07) is 10.6. The summed E-state index contributed by atoms with van der Waals surface area (Å²) < 4.78 is 24.6. The minimum absolute atomic E-state index is 0.114. The lowest BCUT2D eigenvalue weighted by Gasteiger charge is -2.06. The summed E-state index contributed by atoms with van der Waals surface area (Å²) in [5, 5.41) is 9.54. The van der Waals surface area contributed by atoms with E-state index in [4.69, 9.17) is 21.1 Å². The van der Waals surface area contributed by atoms with E-state index in [0.29, 0.717) is 39.5 Å². The number of aryl methyl sites for hydroxylation is 1. The van der Waals surface area contributed by atoms with Crippen molar-refractivity contribution in [1.82, 2.24) is 15.0 Å². The Hall–Kier alpha value is -3.65. The molecule has 2 aromatic heterocycles. The Kier molecular flexibility index (Phi) is 5.01. The second kappa shape index (κ2) is 7.64. The van der Waals surface area contributed by atoms with Crippen molar-refractivity contribution >= 4 is 28.7 Å². The van der Waals surface area contributed by atoms with Crippen molar-refractivity contribution in [2.75, 3.05) is 7.11 Å². The molecule has 2 N–H and O–H groups in total. The third kappa shape index (κ3) is 3.77. The van der Waals surface area contributed by atoms with E-state index in [0.717, 1.165) is 0 Å². The number of carboxylic acids is 1. The summed E-state index contributed by atoms with van der Waals surface area (Å²) in [6.07, 6.45) is 0. The van der Waals surface area contributed by atoms with Crippen LogP contribution in [0.1, 0.15) is 15.9 Å². The topological polar surface area (TPSA) is 97.3 Å². The molecule has 0 aliphatic rings. The number of ether oxygens (including phenoxy) is 2. The molecular weight excluding hydrogens is 413 g/mol. The summed E-state index contributed by atoms with van der Waals surface area (Å²) >= 11 is 6.35. The normalized spacial score (nSPS) is 10.9. The fraction of sp³-hybridized carbons (Fsp3) is 0.0952. The second-order valence-electron chi connectivity index (χ2n) is 6.50. The number of aromatic amines is 1. The van der Waals surface area contributed by atoms with Gasteiger partial charge in [0.25, 0.3) is 0 Å². The lowest BCUT2D eigenvalue weighted by atomic mass is 10.1. The highest BCUT2D eigenvalue weighted by Gasteiger charge is 2.15. The van der Waals surface area contributed by atoms with Crippen molar-refractivity contribution in [1.29, 1.82) is 0 Å². The van der Waals surface area contributed by atoms with E-state index >= 15 is 0 Å². The van der Waals surface area contributed by atoms with Crippen molar-refractivity contribution in [3.8, 4) is 28.8 Å². The van der Waals surface area contributed by atoms with Crippen LogP contribution < -0.4 is 9.47 Å². The van der Waals surface area contributed by atoms with E-state index in [1.165, 1.54) is 25.3 Å². The number of carboxylic acid groups (broad SMARTS) is 1. The summed E-state index contributed by atoms with van der Waals surface area (Å²) in [5.74, 6) is -0.894. The van der Waals surface area contributed by atoms with Crippen LogP contribution >= 0.6 is 11.6 Å². The molecule has 0 spiro atoms. The van der Waals surface area contributed by atoms with Gasteiger partial charge in [0, 0.05) is 11.6 Å². The minimum atomic E-state index is -1.05. The fourth-order valence-electron chi connectivity index (χ4n) is 2.97. The van der Waals surface area contributed by atoms with E-state index in [9.17, 15) is 14.3 Å². The van der Waals surface area contributed by atoms with E-state index < -0.39 is 11.8 Å². The summed E-state index contributed by atoms with van der Waals surface area (Å²) in [5.41, 5.74) is 2.33. The zero-order valence-corrected chi connectivity index (χ0v) is 16.6. The molecule has 0 saturated heterocycles. The van der Waals surface area contributed by atoms with Crippen molar-refractivity contribution in [3.05, 3.63) is 64.4 Å². The van der Waals surface area contributed by atoms with Crippen LogP contribution in [0.4, 0.5) is 4.39 Å². The van der Waals surface area contributed by atoms with Crippen LogP contribution in [0.5, 0.6) is 17.5 Å². The van der Waals surface area contributed by atoms with Gasteiger partial charge in [0.2, 0.25) is 0 Å². The van der Waals surface area contributed by atoms with Gasteiger partial charge in [-0.25, -0.2) is 14.2 Å². The Labute approximate surface area is 175 Å². The molecule has 4 rings (SSSR count). The highest BCUT2D eigenvalue weighted by Crippen LogP contribution is 2.32. The molecule has 30 heavy (non-hydrogen) atoms. The number of hydrogen-bond donors (Lipinski definition) is 2. The highest BCUT2D eigenvalue weighted by atomic mass is 35.5. The summed E-state index contributed by atoms with van der Waals surface area (Å²) in [6.45, 7) is 1.70. The minimum Gasteiger partial charge on any atom is -0.497 e. The predicted octanol–water partition coefficient (Wildman–Crippen LogP) is 5.22. The standard InChI is InChI=1S/C21H15ClFN3O4/c1-10-3-4-13(8-15(10)20(27)28)30-21-24-17-9-16(22)18(25-19(17)26-21)11-5-12(23)7-14(6-11)29-2/h3-9H,1-2H3,(H,27,28)(H,24,25,26). The Morgan fingerprint density at radius 2 is 1.93 bits per heavy atom. The number of halogens is 2. The zero-order valence-electron chi connectivity index (χ0n) is 15.9. The van der Waals surface area contributed by atoms with Gasteiger partial charge in [-0.2, -0.15) is 4.98 Å². The number of nitrogens with zero attached hydrogens (tertiary/aromatic N) is 2. The van der Waals surface area contributed by atoms with E-state index in [2.05, 4.69) is 15.0 Å². The Morgan fingerprint density at radius 1 is 1.13 bits per heavy atom. The fourth-order valence-corrected chi connectivity index (χ4v) is 3.23. The second-order valence-corrected chi connectivity index (χ2v) is 6.90. The highest BCUT2D eigenvalue weighted by molar-refractivity contribution is 6.33. The molecule has 0 unspecified atom stereocenters. The summed E-state index contributed by atoms with van der Waals surface area (Å²) in [7, 11) is 1.44. The van der Waals surface area contributed by atoms with Gasteiger partial charge in [-0.05, 0) is 42.8 Å². The quantitative estimate of drug-likeness (QED) is 0.453.